The van der Waals surface area contributed by atoms with Gasteiger partial charge in [0.15, 0.2) is 0 Å². The van der Waals surface area contributed by atoms with Crippen molar-refractivity contribution in [1.82, 2.24) is 5.43 Å². The number of nitrogens with one attached hydrogen (secondary N) is 2. The zero-order valence-corrected chi connectivity index (χ0v) is 17.9. The van der Waals surface area contributed by atoms with Gasteiger partial charge in [0.05, 0.1) is 21.7 Å². The first kappa shape index (κ1) is 19.2. The van der Waals surface area contributed by atoms with Gasteiger partial charge < -0.3 is 10.4 Å². The van der Waals surface area contributed by atoms with Crippen LogP contribution in [0.25, 0.3) is 0 Å². The summed E-state index contributed by atoms with van der Waals surface area (Å²) in [7, 11) is 0. The number of anilines is 1. The molecule has 0 saturated heterocycles. The molecule has 0 bridgehead atoms. The van der Waals surface area contributed by atoms with Crippen LogP contribution in [0.5, 0.6) is 5.75 Å². The predicted octanol–water partition coefficient (Wildman–Crippen LogP) is 4.39. The van der Waals surface area contributed by atoms with Crippen molar-refractivity contribution in [3.63, 3.8) is 0 Å². The molecule has 3 N–H and O–H groups in total. The van der Waals surface area contributed by atoms with E-state index in [2.05, 4.69) is 70.3 Å². The normalized spacial score (nSPS) is 10.8. The molecule has 126 valence electrons. The first-order valence-electron chi connectivity index (χ1n) is 6.86. The number of halogens is 3. The molecule has 2 aromatic rings. The van der Waals surface area contributed by atoms with Crippen LogP contribution in [0, 0.1) is 10.5 Å². The highest BCUT2D eigenvalue weighted by Gasteiger charge is 2.05. The van der Waals surface area contributed by atoms with Gasteiger partial charge in [0.2, 0.25) is 0 Å². The number of aromatic hydroxyl groups is 1. The maximum absolute atomic E-state index is 11.8. The molecule has 0 spiro atoms. The maximum atomic E-state index is 11.8. The Bertz CT molecular complexity index is 774. The monoisotopic (exact) mass is 565 g/mol. The van der Waals surface area contributed by atoms with E-state index < -0.39 is 0 Å². The zero-order chi connectivity index (χ0) is 17.7. The van der Waals surface area contributed by atoms with E-state index in [4.69, 9.17) is 0 Å². The summed E-state index contributed by atoms with van der Waals surface area (Å²) < 4.78 is 2.26. The van der Waals surface area contributed by atoms with Gasteiger partial charge in [-0.15, -0.1) is 0 Å². The molecule has 2 rings (SSSR count). The van der Waals surface area contributed by atoms with Gasteiger partial charge in [-0.05, 0) is 103 Å². The zero-order valence-electron chi connectivity index (χ0n) is 12.6. The SMILES string of the molecule is Cc1cc(NCC(=O)N/N=C\c2cc(Br)c(O)c(Br)c2)ccc1I. The Labute approximate surface area is 170 Å². The number of aryl methyl sites for hydroxylation is 1. The minimum absolute atomic E-state index is 0.119. The van der Waals surface area contributed by atoms with E-state index in [1.54, 1.807) is 12.1 Å². The summed E-state index contributed by atoms with van der Waals surface area (Å²) in [6.45, 7) is 2.14. The molecule has 24 heavy (non-hydrogen) atoms. The van der Waals surface area contributed by atoms with E-state index in [1.807, 2.05) is 25.1 Å². The summed E-state index contributed by atoms with van der Waals surface area (Å²) >= 11 is 8.74. The first-order valence-corrected chi connectivity index (χ1v) is 9.53. The van der Waals surface area contributed by atoms with E-state index in [9.17, 15) is 9.90 Å². The lowest BCUT2D eigenvalue weighted by Crippen LogP contribution is -2.25. The molecule has 0 aliphatic rings. The van der Waals surface area contributed by atoms with E-state index in [1.165, 1.54) is 9.78 Å². The van der Waals surface area contributed by atoms with Crippen LogP contribution in [0.1, 0.15) is 11.1 Å². The van der Waals surface area contributed by atoms with Crippen molar-refractivity contribution in [2.75, 3.05) is 11.9 Å². The summed E-state index contributed by atoms with van der Waals surface area (Å²) in [6, 6.07) is 9.31. The van der Waals surface area contributed by atoms with Crippen LogP contribution in [0.3, 0.4) is 0 Å². The summed E-state index contributed by atoms with van der Waals surface area (Å²) in [4.78, 5) is 11.8. The van der Waals surface area contributed by atoms with Crippen LogP contribution >= 0.6 is 54.5 Å². The average molecular weight is 567 g/mol. The number of hydrazone groups is 1. The van der Waals surface area contributed by atoms with Crippen molar-refractivity contribution in [2.45, 2.75) is 6.92 Å². The topological polar surface area (TPSA) is 73.7 Å². The number of carbonyl (C=O) groups excluding carboxylic acids is 1. The molecule has 0 aromatic heterocycles. The third kappa shape index (κ3) is 5.45. The molecule has 0 heterocycles. The molecule has 0 saturated carbocycles. The van der Waals surface area contributed by atoms with Crippen molar-refractivity contribution in [3.05, 3.63) is 54.0 Å². The summed E-state index contributed by atoms with van der Waals surface area (Å²) in [6.07, 6.45) is 1.50. The molecule has 0 fully saturated rings. The second-order valence-corrected chi connectivity index (χ2v) is 7.81. The molecular weight excluding hydrogens is 553 g/mol. The summed E-state index contributed by atoms with van der Waals surface area (Å²) in [5.74, 6) is -0.132. The van der Waals surface area contributed by atoms with Gasteiger partial charge in [-0.2, -0.15) is 5.10 Å². The van der Waals surface area contributed by atoms with Crippen LogP contribution in [0.2, 0.25) is 0 Å². The Balaban J connectivity index is 1.87. The van der Waals surface area contributed by atoms with Gasteiger partial charge in [-0.1, -0.05) is 0 Å². The third-order valence-corrected chi connectivity index (χ3v) is 5.47. The fraction of sp³-hybridized carbons (Fsp3) is 0.125. The second-order valence-electron chi connectivity index (χ2n) is 4.94. The van der Waals surface area contributed by atoms with E-state index >= 15 is 0 Å². The van der Waals surface area contributed by atoms with Crippen LogP contribution in [0.4, 0.5) is 5.69 Å². The van der Waals surface area contributed by atoms with Crippen molar-refractivity contribution < 1.29 is 9.90 Å². The molecule has 0 aliphatic heterocycles. The first-order chi connectivity index (χ1) is 11.4. The van der Waals surface area contributed by atoms with Crippen LogP contribution in [-0.4, -0.2) is 23.8 Å². The maximum Gasteiger partial charge on any atom is 0.259 e. The number of hydrogen-bond acceptors (Lipinski definition) is 4. The number of hydrogen-bond donors (Lipinski definition) is 3. The lowest BCUT2D eigenvalue weighted by atomic mass is 10.2. The Morgan fingerprint density at radius 2 is 1.96 bits per heavy atom. The number of phenols is 1. The lowest BCUT2D eigenvalue weighted by Gasteiger charge is -2.07. The lowest BCUT2D eigenvalue weighted by molar-refractivity contribution is -0.119. The standard InChI is InChI=1S/C16H14Br2IN3O2/c1-9-4-11(2-3-14(9)19)20-8-15(23)22-21-7-10-5-12(17)16(24)13(18)6-10/h2-7,20,24H,8H2,1H3,(H,22,23)/b21-7-. The Kier molecular flexibility index (Phi) is 7.05. The van der Waals surface area contributed by atoms with Gasteiger partial charge in [0.25, 0.3) is 5.91 Å². The average Bonchev–Trinajstić information content (AvgIpc) is 2.53. The predicted molar refractivity (Wildman–Crippen MR) is 112 cm³/mol. The summed E-state index contributed by atoms with van der Waals surface area (Å²) in [5.41, 5.74) is 5.23. The molecule has 2 aromatic carbocycles. The molecule has 0 atom stereocenters. The van der Waals surface area contributed by atoms with Crippen molar-refractivity contribution in [3.8, 4) is 5.75 Å². The third-order valence-electron chi connectivity index (χ3n) is 3.05. The van der Waals surface area contributed by atoms with Crippen LogP contribution < -0.4 is 10.7 Å². The number of carbonyl (C=O) groups is 1. The number of phenolic OH excluding ortho intramolecular Hbond substituents is 1. The van der Waals surface area contributed by atoms with Crippen molar-refractivity contribution in [2.24, 2.45) is 5.10 Å². The van der Waals surface area contributed by atoms with Crippen molar-refractivity contribution >= 4 is 72.3 Å². The molecule has 0 radical (unpaired) electrons. The molecule has 8 heteroatoms. The second kappa shape index (κ2) is 8.82. The minimum atomic E-state index is -0.251. The molecule has 0 aliphatic carbocycles. The van der Waals surface area contributed by atoms with Gasteiger partial charge in [-0.3, -0.25) is 4.79 Å². The smallest absolute Gasteiger partial charge is 0.259 e. The largest absolute Gasteiger partial charge is 0.506 e. The molecule has 5 nitrogen and oxygen atoms in total. The Hall–Kier alpha value is -1.13. The van der Waals surface area contributed by atoms with E-state index in [0.717, 1.165) is 16.8 Å². The number of benzene rings is 2. The minimum Gasteiger partial charge on any atom is -0.506 e. The molecule has 1 amide bonds. The van der Waals surface area contributed by atoms with Gasteiger partial charge in [-0.25, -0.2) is 5.43 Å². The Morgan fingerprint density at radius 3 is 2.58 bits per heavy atom. The van der Waals surface area contributed by atoms with Crippen LogP contribution in [0.15, 0.2) is 44.4 Å². The van der Waals surface area contributed by atoms with Gasteiger partial charge in [0, 0.05) is 9.26 Å². The highest BCUT2D eigenvalue weighted by atomic mass is 127. The number of rotatable bonds is 5. The van der Waals surface area contributed by atoms with E-state index in [-0.39, 0.29) is 18.2 Å². The highest BCUT2D eigenvalue weighted by Crippen LogP contribution is 2.32. The quantitative estimate of drug-likeness (QED) is 0.285. The molecule has 0 unspecified atom stereocenters. The van der Waals surface area contributed by atoms with Gasteiger partial charge >= 0.3 is 0 Å². The summed E-state index contributed by atoms with van der Waals surface area (Å²) in [5, 5.41) is 16.6. The fourth-order valence-corrected chi connectivity index (χ4v) is 3.37. The van der Waals surface area contributed by atoms with Crippen LogP contribution in [-0.2, 0) is 4.79 Å². The molecular formula is C16H14Br2IN3O2. The van der Waals surface area contributed by atoms with E-state index in [0.29, 0.717) is 8.95 Å². The highest BCUT2D eigenvalue weighted by molar-refractivity contribution is 14.1. The fourth-order valence-electron chi connectivity index (χ4n) is 1.81. The Morgan fingerprint density at radius 1 is 1.29 bits per heavy atom. The van der Waals surface area contributed by atoms with Gasteiger partial charge in [0.1, 0.15) is 5.75 Å². The number of nitrogens with zero attached hydrogens (tertiary/aromatic N) is 1. The number of amides is 1. The van der Waals surface area contributed by atoms with Crippen molar-refractivity contribution in [1.29, 1.82) is 0 Å².